The van der Waals surface area contributed by atoms with E-state index in [2.05, 4.69) is 51.8 Å². The first-order valence-electron chi connectivity index (χ1n) is 6.87. The molecule has 19 heavy (non-hydrogen) atoms. The second-order valence-electron chi connectivity index (χ2n) is 5.95. The minimum absolute atomic E-state index is 0.0521. The molecule has 0 aliphatic heterocycles. The lowest BCUT2D eigenvalue weighted by atomic mass is 10.0. The van der Waals surface area contributed by atoms with Gasteiger partial charge in [-0.1, -0.05) is 12.1 Å². The number of hydrogen-bond donors (Lipinski definition) is 1. The Balaban J connectivity index is 2.74. The van der Waals surface area contributed by atoms with E-state index >= 15 is 0 Å². The number of hydrogen-bond acceptors (Lipinski definition) is 3. The second-order valence-corrected chi connectivity index (χ2v) is 5.95. The summed E-state index contributed by atoms with van der Waals surface area (Å²) in [5.41, 5.74) is 9.63. The first kappa shape index (κ1) is 16.0. The van der Waals surface area contributed by atoms with Crippen molar-refractivity contribution in [2.75, 3.05) is 27.2 Å². The third-order valence-electron chi connectivity index (χ3n) is 3.99. The van der Waals surface area contributed by atoms with Gasteiger partial charge < -0.3 is 10.5 Å². The number of rotatable bonds is 6. The number of benzene rings is 1. The monoisotopic (exact) mass is 264 g/mol. The van der Waals surface area contributed by atoms with Crippen molar-refractivity contribution in [3.05, 3.63) is 28.8 Å². The minimum Gasteiger partial charge on any atom is -0.496 e. The van der Waals surface area contributed by atoms with Gasteiger partial charge in [0.25, 0.3) is 0 Å². The lowest BCUT2D eigenvalue weighted by Crippen LogP contribution is -2.47. The smallest absolute Gasteiger partial charge is 0.124 e. The van der Waals surface area contributed by atoms with Crippen molar-refractivity contribution in [2.24, 2.45) is 5.73 Å². The van der Waals surface area contributed by atoms with Crippen LogP contribution >= 0.6 is 0 Å². The summed E-state index contributed by atoms with van der Waals surface area (Å²) < 4.78 is 5.40. The van der Waals surface area contributed by atoms with E-state index in [0.29, 0.717) is 6.54 Å². The SMILES string of the molecule is COc1c(C)cc(CCN(C)C(C)(C)CN)cc1C. The largest absolute Gasteiger partial charge is 0.496 e. The van der Waals surface area contributed by atoms with Crippen LogP contribution in [-0.2, 0) is 6.42 Å². The van der Waals surface area contributed by atoms with Crippen LogP contribution in [0, 0.1) is 13.8 Å². The molecule has 0 bridgehead atoms. The van der Waals surface area contributed by atoms with Crippen molar-refractivity contribution in [1.29, 1.82) is 0 Å². The Bertz CT molecular complexity index is 404. The second kappa shape index (κ2) is 6.40. The summed E-state index contributed by atoms with van der Waals surface area (Å²) in [5, 5.41) is 0. The van der Waals surface area contributed by atoms with Gasteiger partial charge >= 0.3 is 0 Å². The lowest BCUT2D eigenvalue weighted by molar-refractivity contribution is 0.166. The number of nitrogens with zero attached hydrogens (tertiary/aromatic N) is 1. The predicted molar refractivity (Wildman–Crippen MR) is 81.9 cm³/mol. The summed E-state index contributed by atoms with van der Waals surface area (Å²) in [6.45, 7) is 10.2. The summed E-state index contributed by atoms with van der Waals surface area (Å²) in [5.74, 6) is 0.999. The van der Waals surface area contributed by atoms with Gasteiger partial charge in [-0.2, -0.15) is 0 Å². The number of nitrogens with two attached hydrogens (primary N) is 1. The summed E-state index contributed by atoms with van der Waals surface area (Å²) in [6, 6.07) is 4.43. The Kier molecular flexibility index (Phi) is 5.39. The molecule has 0 unspecified atom stereocenters. The normalized spacial score (nSPS) is 12.0. The van der Waals surface area contributed by atoms with Crippen molar-refractivity contribution in [2.45, 2.75) is 39.7 Å². The van der Waals surface area contributed by atoms with Gasteiger partial charge in [-0.15, -0.1) is 0 Å². The molecule has 0 atom stereocenters. The Morgan fingerprint density at radius 2 is 1.74 bits per heavy atom. The molecule has 1 rings (SSSR count). The molecular formula is C16H28N2O. The molecule has 1 aromatic carbocycles. The molecule has 2 N–H and O–H groups in total. The van der Waals surface area contributed by atoms with E-state index in [1.54, 1.807) is 7.11 Å². The molecule has 0 fully saturated rings. The van der Waals surface area contributed by atoms with Crippen LogP contribution in [0.2, 0.25) is 0 Å². The van der Waals surface area contributed by atoms with Crippen LogP contribution in [0.15, 0.2) is 12.1 Å². The molecule has 0 saturated carbocycles. The van der Waals surface area contributed by atoms with Gasteiger partial charge in [-0.05, 0) is 57.9 Å². The van der Waals surface area contributed by atoms with Gasteiger partial charge in [0, 0.05) is 18.6 Å². The maximum Gasteiger partial charge on any atom is 0.124 e. The number of aryl methyl sites for hydroxylation is 2. The zero-order valence-electron chi connectivity index (χ0n) is 13.2. The molecule has 108 valence electrons. The molecule has 3 nitrogen and oxygen atoms in total. The van der Waals surface area contributed by atoms with Gasteiger partial charge in [0.1, 0.15) is 5.75 Å². The van der Waals surface area contributed by atoms with E-state index in [0.717, 1.165) is 18.7 Å². The summed E-state index contributed by atoms with van der Waals surface area (Å²) in [6.07, 6.45) is 1.03. The van der Waals surface area contributed by atoms with Crippen molar-refractivity contribution < 1.29 is 4.74 Å². The predicted octanol–water partition coefficient (Wildman–Crippen LogP) is 2.52. The Hall–Kier alpha value is -1.06. The summed E-state index contributed by atoms with van der Waals surface area (Å²) in [7, 11) is 3.86. The van der Waals surface area contributed by atoms with Crippen molar-refractivity contribution in [1.82, 2.24) is 4.90 Å². The maximum atomic E-state index is 5.80. The Morgan fingerprint density at radius 3 is 2.16 bits per heavy atom. The first-order chi connectivity index (χ1) is 8.81. The zero-order chi connectivity index (χ0) is 14.6. The fourth-order valence-corrected chi connectivity index (χ4v) is 2.26. The fourth-order valence-electron chi connectivity index (χ4n) is 2.26. The van der Waals surface area contributed by atoms with Crippen LogP contribution < -0.4 is 10.5 Å². The van der Waals surface area contributed by atoms with Gasteiger partial charge in [0.15, 0.2) is 0 Å². The molecular weight excluding hydrogens is 236 g/mol. The van der Waals surface area contributed by atoms with Crippen LogP contribution in [0.3, 0.4) is 0 Å². The molecule has 0 radical (unpaired) electrons. The third-order valence-corrected chi connectivity index (χ3v) is 3.99. The highest BCUT2D eigenvalue weighted by molar-refractivity contribution is 5.43. The van der Waals surface area contributed by atoms with Gasteiger partial charge in [-0.25, -0.2) is 0 Å². The highest BCUT2D eigenvalue weighted by atomic mass is 16.5. The lowest BCUT2D eigenvalue weighted by Gasteiger charge is -2.34. The zero-order valence-corrected chi connectivity index (χ0v) is 13.2. The van der Waals surface area contributed by atoms with E-state index in [4.69, 9.17) is 10.5 Å². The van der Waals surface area contributed by atoms with E-state index in [1.807, 2.05) is 0 Å². The minimum atomic E-state index is 0.0521. The van der Waals surface area contributed by atoms with E-state index in [1.165, 1.54) is 16.7 Å². The van der Waals surface area contributed by atoms with Crippen LogP contribution in [0.5, 0.6) is 5.75 Å². The molecule has 0 aliphatic rings. The molecule has 0 aliphatic carbocycles. The Labute approximate surface area is 117 Å². The number of ether oxygens (including phenoxy) is 1. The quantitative estimate of drug-likeness (QED) is 0.858. The highest BCUT2D eigenvalue weighted by Gasteiger charge is 2.21. The topological polar surface area (TPSA) is 38.5 Å². The molecule has 3 heteroatoms. The number of methoxy groups -OCH3 is 1. The van der Waals surface area contributed by atoms with Crippen LogP contribution in [0.1, 0.15) is 30.5 Å². The average Bonchev–Trinajstić information content (AvgIpc) is 2.35. The molecule has 0 spiro atoms. The summed E-state index contributed by atoms with van der Waals surface area (Å²) >= 11 is 0. The molecule has 0 heterocycles. The van der Waals surface area contributed by atoms with Crippen molar-refractivity contribution in [3.8, 4) is 5.75 Å². The number of likely N-dealkylation sites (N-methyl/N-ethyl adjacent to an activating group) is 1. The van der Waals surface area contributed by atoms with Crippen LogP contribution in [0.4, 0.5) is 0 Å². The molecule has 0 saturated heterocycles. The van der Waals surface area contributed by atoms with E-state index in [-0.39, 0.29) is 5.54 Å². The fraction of sp³-hybridized carbons (Fsp3) is 0.625. The first-order valence-corrected chi connectivity index (χ1v) is 6.87. The molecule has 0 aromatic heterocycles. The molecule has 0 amide bonds. The van der Waals surface area contributed by atoms with Crippen LogP contribution in [0.25, 0.3) is 0 Å². The van der Waals surface area contributed by atoms with Gasteiger partial charge in [0.05, 0.1) is 7.11 Å². The van der Waals surface area contributed by atoms with Gasteiger partial charge in [-0.3, -0.25) is 4.90 Å². The third kappa shape index (κ3) is 3.95. The average molecular weight is 264 g/mol. The van der Waals surface area contributed by atoms with Crippen molar-refractivity contribution >= 4 is 0 Å². The van der Waals surface area contributed by atoms with Crippen LogP contribution in [-0.4, -0.2) is 37.7 Å². The van der Waals surface area contributed by atoms with E-state index in [9.17, 15) is 0 Å². The standard InChI is InChI=1S/C16H28N2O/c1-12-9-14(10-13(2)15(12)19-6)7-8-18(5)16(3,4)11-17/h9-10H,7-8,11,17H2,1-6H3. The maximum absolute atomic E-state index is 5.80. The van der Waals surface area contributed by atoms with Crippen molar-refractivity contribution in [3.63, 3.8) is 0 Å². The van der Waals surface area contributed by atoms with Gasteiger partial charge in [0.2, 0.25) is 0 Å². The van der Waals surface area contributed by atoms with E-state index < -0.39 is 0 Å². The Morgan fingerprint density at radius 1 is 1.21 bits per heavy atom. The highest BCUT2D eigenvalue weighted by Crippen LogP contribution is 2.24. The molecule has 1 aromatic rings. The summed E-state index contributed by atoms with van der Waals surface area (Å²) in [4.78, 5) is 2.32.